The number of allylic oxidation sites excluding steroid dienone is 2. The van der Waals surface area contributed by atoms with Gasteiger partial charge in [-0.2, -0.15) is 0 Å². The van der Waals surface area contributed by atoms with Crippen LogP contribution in [0.3, 0.4) is 0 Å². The van der Waals surface area contributed by atoms with E-state index in [4.69, 9.17) is 4.74 Å². The van der Waals surface area contributed by atoms with Crippen LogP contribution in [-0.2, 0) is 9.53 Å². The van der Waals surface area contributed by atoms with Gasteiger partial charge in [0.2, 0.25) is 0 Å². The number of fused-ring (bicyclic) bond motifs is 1. The van der Waals surface area contributed by atoms with Gasteiger partial charge in [0, 0.05) is 13.5 Å². The number of aldehydes is 1. The van der Waals surface area contributed by atoms with Crippen molar-refractivity contribution in [3.63, 3.8) is 0 Å². The summed E-state index contributed by atoms with van der Waals surface area (Å²) in [6.45, 7) is 13.7. The highest BCUT2D eigenvalue weighted by Crippen LogP contribution is 2.59. The molecule has 112 valence electrons. The SMILES string of the molecule is COC1(C=O)C=C2C(=C(C)C1)C(C)(C)C(C)C2C(C)C. The molecule has 0 bridgehead atoms. The summed E-state index contributed by atoms with van der Waals surface area (Å²) in [5, 5.41) is 0. The molecule has 20 heavy (non-hydrogen) atoms. The first-order valence-corrected chi connectivity index (χ1v) is 7.65. The molecule has 2 nitrogen and oxygen atoms in total. The summed E-state index contributed by atoms with van der Waals surface area (Å²) in [5.74, 6) is 1.66. The van der Waals surface area contributed by atoms with E-state index in [1.165, 1.54) is 16.7 Å². The number of rotatable bonds is 3. The van der Waals surface area contributed by atoms with Crippen molar-refractivity contribution in [2.45, 2.75) is 53.6 Å². The molecule has 0 radical (unpaired) electrons. The third-order valence-corrected chi connectivity index (χ3v) is 5.63. The van der Waals surface area contributed by atoms with Gasteiger partial charge in [-0.25, -0.2) is 0 Å². The van der Waals surface area contributed by atoms with Gasteiger partial charge in [0.1, 0.15) is 5.60 Å². The maximum absolute atomic E-state index is 11.6. The van der Waals surface area contributed by atoms with Crippen molar-refractivity contribution in [2.75, 3.05) is 7.11 Å². The first kappa shape index (κ1) is 15.5. The lowest BCUT2D eigenvalue weighted by molar-refractivity contribution is -0.122. The van der Waals surface area contributed by atoms with Crippen molar-refractivity contribution >= 4 is 6.29 Å². The molecular weight excluding hydrogens is 248 g/mol. The number of carbonyl (C=O) groups is 1. The van der Waals surface area contributed by atoms with Crippen molar-refractivity contribution in [1.82, 2.24) is 0 Å². The average Bonchev–Trinajstić information content (AvgIpc) is 2.56. The molecule has 2 aliphatic rings. The van der Waals surface area contributed by atoms with Gasteiger partial charge in [0.05, 0.1) is 0 Å². The van der Waals surface area contributed by atoms with Crippen molar-refractivity contribution in [1.29, 1.82) is 0 Å². The third-order valence-electron chi connectivity index (χ3n) is 5.63. The Bertz CT molecular complexity index is 482. The van der Waals surface area contributed by atoms with Crippen molar-refractivity contribution < 1.29 is 9.53 Å². The van der Waals surface area contributed by atoms with Crippen LogP contribution in [0.1, 0.15) is 48.0 Å². The smallest absolute Gasteiger partial charge is 0.156 e. The topological polar surface area (TPSA) is 26.3 Å². The Morgan fingerprint density at radius 3 is 2.45 bits per heavy atom. The van der Waals surface area contributed by atoms with E-state index in [2.05, 4.69) is 47.6 Å². The fraction of sp³-hybridized carbons (Fsp3) is 0.722. The minimum atomic E-state index is -0.754. The monoisotopic (exact) mass is 276 g/mol. The minimum Gasteiger partial charge on any atom is -0.366 e. The molecule has 2 rings (SSSR count). The van der Waals surface area contributed by atoms with Crippen LogP contribution in [0.15, 0.2) is 22.8 Å². The fourth-order valence-corrected chi connectivity index (χ4v) is 4.46. The Morgan fingerprint density at radius 2 is 2.00 bits per heavy atom. The van der Waals surface area contributed by atoms with Crippen LogP contribution in [0.2, 0.25) is 0 Å². The largest absolute Gasteiger partial charge is 0.366 e. The van der Waals surface area contributed by atoms with Gasteiger partial charge < -0.3 is 4.74 Å². The predicted molar refractivity (Wildman–Crippen MR) is 82.5 cm³/mol. The Labute approximate surface area is 123 Å². The van der Waals surface area contributed by atoms with E-state index >= 15 is 0 Å². The molecule has 2 heteroatoms. The van der Waals surface area contributed by atoms with Gasteiger partial charge in [-0.3, -0.25) is 4.79 Å². The Hall–Kier alpha value is -0.890. The summed E-state index contributed by atoms with van der Waals surface area (Å²) >= 11 is 0. The Kier molecular flexibility index (Phi) is 3.75. The first-order valence-electron chi connectivity index (χ1n) is 7.65. The van der Waals surface area contributed by atoms with Crippen LogP contribution < -0.4 is 0 Å². The molecule has 3 atom stereocenters. The highest BCUT2D eigenvalue weighted by Gasteiger charge is 2.51. The van der Waals surface area contributed by atoms with Crippen LogP contribution in [0.5, 0.6) is 0 Å². The molecule has 2 aliphatic carbocycles. The lowest BCUT2D eigenvalue weighted by Crippen LogP contribution is -2.35. The molecule has 1 saturated carbocycles. The third kappa shape index (κ3) is 2.00. The first-order chi connectivity index (χ1) is 9.20. The summed E-state index contributed by atoms with van der Waals surface area (Å²) in [7, 11) is 1.64. The Balaban J connectivity index is 2.64. The fourth-order valence-electron chi connectivity index (χ4n) is 4.46. The van der Waals surface area contributed by atoms with E-state index in [0.29, 0.717) is 24.2 Å². The van der Waals surface area contributed by atoms with Crippen molar-refractivity contribution in [3.8, 4) is 0 Å². The molecule has 0 aromatic rings. The van der Waals surface area contributed by atoms with Crippen LogP contribution in [0, 0.1) is 23.2 Å². The predicted octanol–water partition coefficient (Wildman–Crippen LogP) is 4.17. The zero-order chi connectivity index (χ0) is 15.3. The summed E-state index contributed by atoms with van der Waals surface area (Å²) < 4.78 is 5.56. The van der Waals surface area contributed by atoms with Crippen LogP contribution in [-0.4, -0.2) is 19.0 Å². The molecule has 0 aromatic heterocycles. The quantitative estimate of drug-likeness (QED) is 0.723. The molecule has 0 spiro atoms. The van der Waals surface area contributed by atoms with Crippen LogP contribution in [0.4, 0.5) is 0 Å². The maximum atomic E-state index is 11.6. The van der Waals surface area contributed by atoms with Crippen LogP contribution in [0.25, 0.3) is 0 Å². The summed E-state index contributed by atoms with van der Waals surface area (Å²) in [6, 6.07) is 0. The molecule has 1 fully saturated rings. The van der Waals surface area contributed by atoms with E-state index in [0.717, 1.165) is 6.29 Å². The van der Waals surface area contributed by atoms with Gasteiger partial charge >= 0.3 is 0 Å². The number of hydrogen-bond donors (Lipinski definition) is 0. The van der Waals surface area contributed by atoms with E-state index in [1.54, 1.807) is 7.11 Å². The molecule has 0 amide bonds. The zero-order valence-electron chi connectivity index (χ0n) is 13.9. The molecule has 3 unspecified atom stereocenters. The average molecular weight is 276 g/mol. The van der Waals surface area contributed by atoms with E-state index in [1.807, 2.05) is 0 Å². The molecule has 0 saturated heterocycles. The minimum absolute atomic E-state index is 0.174. The van der Waals surface area contributed by atoms with Gasteiger partial charge in [0.15, 0.2) is 6.29 Å². The summed E-state index contributed by atoms with van der Waals surface area (Å²) in [6.07, 6.45) is 3.76. The van der Waals surface area contributed by atoms with Crippen LogP contribution >= 0.6 is 0 Å². The summed E-state index contributed by atoms with van der Waals surface area (Å²) in [4.78, 5) is 11.6. The molecular formula is C18H28O2. The van der Waals surface area contributed by atoms with Gasteiger partial charge in [-0.05, 0) is 47.3 Å². The zero-order valence-corrected chi connectivity index (χ0v) is 13.9. The molecule has 0 N–H and O–H groups in total. The summed E-state index contributed by atoms with van der Waals surface area (Å²) in [5.41, 5.74) is 3.56. The number of ether oxygens (including phenoxy) is 1. The standard InChI is InChI=1S/C18H28O2/c1-11(2)15-13(4)17(5,6)16-12(3)8-18(10-19,20-7)9-14(15)16/h9-11,13,15H,8H2,1-7H3. The maximum Gasteiger partial charge on any atom is 0.156 e. The van der Waals surface area contributed by atoms with Gasteiger partial charge in [0.25, 0.3) is 0 Å². The second-order valence-electron chi connectivity index (χ2n) is 7.49. The number of methoxy groups -OCH3 is 1. The van der Waals surface area contributed by atoms with E-state index in [9.17, 15) is 4.79 Å². The normalized spacial score (nSPS) is 36.1. The second kappa shape index (κ2) is 4.84. The number of hydrogen-bond acceptors (Lipinski definition) is 2. The highest BCUT2D eigenvalue weighted by molar-refractivity contribution is 5.71. The second-order valence-corrected chi connectivity index (χ2v) is 7.49. The molecule has 0 aliphatic heterocycles. The lowest BCUT2D eigenvalue weighted by atomic mass is 9.74. The number of carbonyl (C=O) groups excluding carboxylic acids is 1. The lowest BCUT2D eigenvalue weighted by Gasteiger charge is -2.34. The highest BCUT2D eigenvalue weighted by atomic mass is 16.5. The van der Waals surface area contributed by atoms with E-state index < -0.39 is 5.60 Å². The molecule has 0 heterocycles. The van der Waals surface area contributed by atoms with E-state index in [-0.39, 0.29) is 5.41 Å². The molecule has 0 aromatic carbocycles. The van der Waals surface area contributed by atoms with Gasteiger partial charge in [-0.15, -0.1) is 0 Å². The Morgan fingerprint density at radius 1 is 1.40 bits per heavy atom. The van der Waals surface area contributed by atoms with Crippen molar-refractivity contribution in [3.05, 3.63) is 22.8 Å². The van der Waals surface area contributed by atoms with Crippen molar-refractivity contribution in [2.24, 2.45) is 23.2 Å². The van der Waals surface area contributed by atoms with Gasteiger partial charge in [-0.1, -0.05) is 40.2 Å².